The molecule has 7 heteroatoms. The Hall–Kier alpha value is -0.950. The Morgan fingerprint density at radius 3 is 2.78 bits per heavy atom. The average molecular weight is 274 g/mol. The molecule has 2 amide bonds. The van der Waals surface area contributed by atoms with E-state index in [2.05, 4.69) is 0 Å². The van der Waals surface area contributed by atoms with Gasteiger partial charge in [0.05, 0.1) is 24.6 Å². The molecule has 1 N–H and O–H groups in total. The van der Waals surface area contributed by atoms with Crippen molar-refractivity contribution in [1.29, 1.82) is 0 Å². The lowest BCUT2D eigenvalue weighted by Gasteiger charge is -2.40. The number of hydrogen-bond acceptors (Lipinski definition) is 4. The van der Waals surface area contributed by atoms with Gasteiger partial charge in [-0.05, 0) is 13.8 Å². The van der Waals surface area contributed by atoms with Crippen LogP contribution in [-0.4, -0.2) is 69.9 Å². The van der Waals surface area contributed by atoms with Crippen molar-refractivity contribution in [3.8, 4) is 0 Å². The lowest BCUT2D eigenvalue weighted by molar-refractivity contribution is -0.141. The van der Waals surface area contributed by atoms with Crippen LogP contribution in [0.25, 0.3) is 0 Å². The number of amides is 2. The second-order valence-corrected chi connectivity index (χ2v) is 6.14. The molecule has 0 radical (unpaired) electrons. The van der Waals surface area contributed by atoms with Gasteiger partial charge in [-0.2, -0.15) is 0 Å². The highest BCUT2D eigenvalue weighted by molar-refractivity contribution is 7.99. The van der Waals surface area contributed by atoms with Crippen LogP contribution in [0.5, 0.6) is 0 Å². The molecule has 102 valence electrons. The van der Waals surface area contributed by atoms with E-state index in [1.54, 1.807) is 4.90 Å². The smallest absolute Gasteiger partial charge is 0.327 e. The van der Waals surface area contributed by atoms with Gasteiger partial charge in [0, 0.05) is 12.3 Å². The molecule has 2 saturated heterocycles. The van der Waals surface area contributed by atoms with Crippen molar-refractivity contribution < 1.29 is 19.4 Å². The van der Waals surface area contributed by atoms with Crippen LogP contribution < -0.4 is 0 Å². The number of morpholine rings is 1. The summed E-state index contributed by atoms with van der Waals surface area (Å²) in [7, 11) is 0. The first-order chi connectivity index (χ1) is 8.41. The molecule has 2 aliphatic rings. The maximum Gasteiger partial charge on any atom is 0.327 e. The number of carboxylic acids is 1. The van der Waals surface area contributed by atoms with Crippen LogP contribution in [0.3, 0.4) is 0 Å². The van der Waals surface area contributed by atoms with Gasteiger partial charge in [0.1, 0.15) is 6.04 Å². The summed E-state index contributed by atoms with van der Waals surface area (Å²) in [4.78, 5) is 26.5. The highest BCUT2D eigenvalue weighted by Gasteiger charge is 2.39. The Morgan fingerprint density at radius 2 is 2.17 bits per heavy atom. The van der Waals surface area contributed by atoms with E-state index in [4.69, 9.17) is 9.84 Å². The molecule has 0 spiro atoms. The summed E-state index contributed by atoms with van der Waals surface area (Å²) in [6, 6.07) is -0.891. The maximum absolute atomic E-state index is 12.3. The number of carbonyl (C=O) groups excluding carboxylic acids is 1. The zero-order chi connectivity index (χ0) is 13.3. The third kappa shape index (κ3) is 2.72. The van der Waals surface area contributed by atoms with Crippen LogP contribution in [0.1, 0.15) is 13.8 Å². The van der Waals surface area contributed by atoms with Crippen molar-refractivity contribution in [1.82, 2.24) is 9.80 Å². The number of hydrogen-bond donors (Lipinski definition) is 1. The van der Waals surface area contributed by atoms with Crippen LogP contribution in [0, 0.1) is 0 Å². The fraction of sp³-hybridized carbons (Fsp3) is 0.818. The topological polar surface area (TPSA) is 70.1 Å². The van der Waals surface area contributed by atoms with Gasteiger partial charge in [0.25, 0.3) is 0 Å². The highest BCUT2D eigenvalue weighted by atomic mass is 32.2. The van der Waals surface area contributed by atoms with E-state index in [1.165, 1.54) is 16.7 Å². The predicted molar refractivity (Wildman–Crippen MR) is 67.6 cm³/mol. The largest absolute Gasteiger partial charge is 0.480 e. The molecule has 2 aliphatic heterocycles. The van der Waals surface area contributed by atoms with Gasteiger partial charge >= 0.3 is 12.0 Å². The van der Waals surface area contributed by atoms with E-state index in [1.807, 2.05) is 13.8 Å². The Kier molecular flexibility index (Phi) is 3.72. The first kappa shape index (κ1) is 13.5. The summed E-state index contributed by atoms with van der Waals surface area (Å²) in [6.45, 7) is 5.38. The Morgan fingerprint density at radius 1 is 1.44 bits per heavy atom. The van der Waals surface area contributed by atoms with E-state index >= 15 is 0 Å². The summed E-state index contributed by atoms with van der Waals surface area (Å²) in [6.07, 6.45) is 0. The second-order valence-electron chi connectivity index (χ2n) is 5.14. The molecule has 0 aromatic rings. The Labute approximate surface area is 110 Å². The summed E-state index contributed by atoms with van der Waals surface area (Å²) in [5, 5.41) is 9.08. The van der Waals surface area contributed by atoms with Crippen LogP contribution in [0.15, 0.2) is 0 Å². The lowest BCUT2D eigenvalue weighted by atomic mass is 10.1. The molecule has 2 fully saturated rings. The summed E-state index contributed by atoms with van der Waals surface area (Å²) in [5.74, 6) is -0.0107. The molecule has 0 aliphatic carbocycles. The van der Waals surface area contributed by atoms with Crippen LogP contribution in [0.4, 0.5) is 4.79 Å². The number of ether oxygens (including phenoxy) is 1. The van der Waals surface area contributed by atoms with E-state index in [0.29, 0.717) is 31.3 Å². The molecule has 2 rings (SSSR count). The number of thioether (sulfide) groups is 1. The minimum absolute atomic E-state index is 0.191. The SMILES string of the molecule is CC1(C)CN(C(=O)N2CSCC2C(=O)O)CCO1. The summed E-state index contributed by atoms with van der Waals surface area (Å²) < 4.78 is 5.55. The normalized spacial score (nSPS) is 27.3. The number of carbonyl (C=O) groups is 2. The minimum atomic E-state index is -0.930. The maximum atomic E-state index is 12.3. The molecule has 1 atom stereocenters. The van der Waals surface area contributed by atoms with Gasteiger partial charge in [0.2, 0.25) is 0 Å². The standard InChI is InChI=1S/C11H18N2O4S/c1-11(2)6-12(3-4-17-11)10(16)13-7-18-5-8(13)9(14)15/h8H,3-7H2,1-2H3,(H,14,15). The van der Waals surface area contributed by atoms with E-state index in [9.17, 15) is 9.59 Å². The Balaban J connectivity index is 2.04. The van der Waals surface area contributed by atoms with Crippen molar-refractivity contribution in [2.24, 2.45) is 0 Å². The number of aliphatic carboxylic acids is 1. The van der Waals surface area contributed by atoms with Crippen molar-refractivity contribution in [2.45, 2.75) is 25.5 Å². The molecule has 0 aromatic carbocycles. The van der Waals surface area contributed by atoms with Crippen LogP contribution in [-0.2, 0) is 9.53 Å². The van der Waals surface area contributed by atoms with Gasteiger partial charge in [-0.1, -0.05) is 0 Å². The third-order valence-electron chi connectivity index (χ3n) is 3.11. The summed E-state index contributed by atoms with van der Waals surface area (Å²) >= 11 is 1.48. The minimum Gasteiger partial charge on any atom is -0.480 e. The van der Waals surface area contributed by atoms with Crippen molar-refractivity contribution in [2.75, 3.05) is 31.3 Å². The first-order valence-corrected chi connectivity index (χ1v) is 7.06. The van der Waals surface area contributed by atoms with Crippen molar-refractivity contribution >= 4 is 23.8 Å². The molecular weight excluding hydrogens is 256 g/mol. The van der Waals surface area contributed by atoms with Gasteiger partial charge in [-0.25, -0.2) is 9.59 Å². The molecular formula is C11H18N2O4S. The summed E-state index contributed by atoms with van der Waals surface area (Å²) in [5.41, 5.74) is -0.362. The molecule has 2 heterocycles. The number of nitrogens with zero attached hydrogens (tertiary/aromatic N) is 2. The van der Waals surface area contributed by atoms with E-state index < -0.39 is 12.0 Å². The van der Waals surface area contributed by atoms with Crippen LogP contribution >= 0.6 is 11.8 Å². The lowest BCUT2D eigenvalue weighted by Crippen LogP contribution is -2.56. The van der Waals surface area contributed by atoms with Crippen LogP contribution in [0.2, 0.25) is 0 Å². The van der Waals surface area contributed by atoms with Crippen molar-refractivity contribution in [3.63, 3.8) is 0 Å². The first-order valence-electron chi connectivity index (χ1n) is 5.91. The molecule has 0 bridgehead atoms. The second kappa shape index (κ2) is 4.97. The fourth-order valence-corrected chi connectivity index (χ4v) is 3.34. The monoisotopic (exact) mass is 274 g/mol. The predicted octanol–water partition coefficient (Wildman–Crippen LogP) is 0.677. The third-order valence-corrected chi connectivity index (χ3v) is 4.12. The average Bonchev–Trinajstić information content (AvgIpc) is 2.75. The van der Waals surface area contributed by atoms with Gasteiger partial charge in [-0.15, -0.1) is 11.8 Å². The molecule has 6 nitrogen and oxygen atoms in total. The zero-order valence-corrected chi connectivity index (χ0v) is 11.4. The van der Waals surface area contributed by atoms with Crippen molar-refractivity contribution in [3.05, 3.63) is 0 Å². The Bertz CT molecular complexity index is 361. The van der Waals surface area contributed by atoms with Gasteiger partial charge in [-0.3, -0.25) is 0 Å². The van der Waals surface area contributed by atoms with E-state index in [0.717, 1.165) is 0 Å². The molecule has 0 aromatic heterocycles. The fourth-order valence-electron chi connectivity index (χ4n) is 2.20. The van der Waals surface area contributed by atoms with E-state index in [-0.39, 0.29) is 11.6 Å². The van der Waals surface area contributed by atoms with Gasteiger partial charge < -0.3 is 19.6 Å². The number of rotatable bonds is 1. The quantitative estimate of drug-likeness (QED) is 0.761. The number of carboxylic acid groups (broad SMARTS) is 1. The van der Waals surface area contributed by atoms with Gasteiger partial charge in [0.15, 0.2) is 0 Å². The zero-order valence-electron chi connectivity index (χ0n) is 10.6. The number of urea groups is 1. The highest BCUT2D eigenvalue weighted by Crippen LogP contribution is 2.24. The molecule has 1 unspecified atom stereocenters. The molecule has 18 heavy (non-hydrogen) atoms. The molecule has 0 saturated carbocycles.